The normalized spacial score (nSPS) is 13.1. The second-order valence-corrected chi connectivity index (χ2v) is 4.30. The fourth-order valence-corrected chi connectivity index (χ4v) is 1.80. The lowest BCUT2D eigenvalue weighted by atomic mass is 10.2. The Kier molecular flexibility index (Phi) is 6.48. The number of carbonyl (C=O) groups excluding carboxylic acids is 2. The summed E-state index contributed by atoms with van der Waals surface area (Å²) >= 11 is 0.840. The molecule has 90 valence electrons. The Hall–Kier alpha value is -1.30. The number of Topliss-reactive ketones (excluding diaryl/α,β-unsaturated/α-hetero) is 1. The third kappa shape index (κ3) is 4.97. The average Bonchev–Trinajstić information content (AvgIpc) is 2.26. The fourth-order valence-electron chi connectivity index (χ4n) is 0.856. The molecule has 1 unspecified atom stereocenters. The van der Waals surface area contributed by atoms with Crippen LogP contribution in [0.1, 0.15) is 20.3 Å². The fraction of sp³-hybridized carbons (Fsp3) is 0.500. The summed E-state index contributed by atoms with van der Waals surface area (Å²) < 4.78 is 4.32. The van der Waals surface area contributed by atoms with Crippen LogP contribution in [0.2, 0.25) is 0 Å². The molecule has 6 heteroatoms. The van der Waals surface area contributed by atoms with Gasteiger partial charge in [-0.15, -0.1) is 11.8 Å². The number of carboxylic acid groups (broad SMARTS) is 1. The molecule has 0 saturated carbocycles. The van der Waals surface area contributed by atoms with E-state index in [0.717, 1.165) is 24.9 Å². The van der Waals surface area contributed by atoms with E-state index in [0.29, 0.717) is 6.42 Å². The summed E-state index contributed by atoms with van der Waals surface area (Å²) in [4.78, 5) is 32.8. The monoisotopic (exact) mass is 246 g/mol. The molecule has 16 heavy (non-hydrogen) atoms. The van der Waals surface area contributed by atoms with E-state index in [1.807, 2.05) is 0 Å². The van der Waals surface area contributed by atoms with Gasteiger partial charge in [-0.05, 0) is 6.92 Å². The molecule has 0 aliphatic carbocycles. The molecule has 1 atom stereocenters. The van der Waals surface area contributed by atoms with Gasteiger partial charge in [-0.2, -0.15) is 0 Å². The van der Waals surface area contributed by atoms with Gasteiger partial charge in [-0.25, -0.2) is 9.59 Å². The second-order valence-electron chi connectivity index (χ2n) is 2.92. The van der Waals surface area contributed by atoms with Crippen LogP contribution in [0.25, 0.3) is 0 Å². The maximum absolute atomic E-state index is 11.3. The Morgan fingerprint density at radius 2 is 2.00 bits per heavy atom. The van der Waals surface area contributed by atoms with Crippen LogP contribution in [0.15, 0.2) is 11.0 Å². The highest BCUT2D eigenvalue weighted by Crippen LogP contribution is 2.23. The third-order valence-corrected chi connectivity index (χ3v) is 2.93. The zero-order valence-corrected chi connectivity index (χ0v) is 10.2. The number of hydrogen-bond donors (Lipinski definition) is 1. The van der Waals surface area contributed by atoms with E-state index in [9.17, 15) is 14.4 Å². The van der Waals surface area contributed by atoms with Gasteiger partial charge in [0.1, 0.15) is 10.7 Å². The van der Waals surface area contributed by atoms with Crippen molar-refractivity contribution < 1.29 is 24.2 Å². The molecular weight excluding hydrogens is 232 g/mol. The summed E-state index contributed by atoms with van der Waals surface area (Å²) in [5, 5.41) is 8.32. The number of methoxy groups -OCH3 is 1. The van der Waals surface area contributed by atoms with E-state index in [2.05, 4.69) is 4.74 Å². The zero-order chi connectivity index (χ0) is 12.7. The lowest BCUT2D eigenvalue weighted by Gasteiger charge is -2.08. The topological polar surface area (TPSA) is 80.7 Å². The van der Waals surface area contributed by atoms with Crippen molar-refractivity contribution in [1.82, 2.24) is 0 Å². The Bertz CT molecular complexity index is 321. The maximum atomic E-state index is 11.3. The minimum atomic E-state index is -1.24. The molecule has 0 heterocycles. The average molecular weight is 246 g/mol. The highest BCUT2D eigenvalue weighted by atomic mass is 32.2. The lowest BCUT2D eigenvalue weighted by Crippen LogP contribution is -2.14. The van der Waals surface area contributed by atoms with Gasteiger partial charge in [-0.1, -0.05) is 6.92 Å². The molecule has 0 radical (unpaired) electrons. The number of hydrogen-bond acceptors (Lipinski definition) is 5. The number of carbonyl (C=O) groups is 3. The van der Waals surface area contributed by atoms with E-state index >= 15 is 0 Å². The first-order valence-corrected chi connectivity index (χ1v) is 5.52. The van der Waals surface area contributed by atoms with E-state index in [-0.39, 0.29) is 10.7 Å². The molecule has 0 rings (SSSR count). The van der Waals surface area contributed by atoms with E-state index in [1.54, 1.807) is 13.8 Å². The molecule has 0 aromatic carbocycles. The van der Waals surface area contributed by atoms with Crippen LogP contribution in [0.5, 0.6) is 0 Å². The highest BCUT2D eigenvalue weighted by molar-refractivity contribution is 8.05. The van der Waals surface area contributed by atoms with Crippen LogP contribution in [0.3, 0.4) is 0 Å². The minimum absolute atomic E-state index is 0.0676. The molecule has 0 spiro atoms. The van der Waals surface area contributed by atoms with Crippen LogP contribution in [-0.2, 0) is 19.1 Å². The summed E-state index contributed by atoms with van der Waals surface area (Å²) in [5.41, 5.74) is 0. The molecule has 0 bridgehead atoms. The van der Waals surface area contributed by atoms with Crippen molar-refractivity contribution in [3.63, 3.8) is 0 Å². The number of thioether (sulfide) groups is 1. The van der Waals surface area contributed by atoms with Gasteiger partial charge in [0.2, 0.25) is 0 Å². The van der Waals surface area contributed by atoms with Crippen molar-refractivity contribution in [1.29, 1.82) is 0 Å². The van der Waals surface area contributed by atoms with Gasteiger partial charge in [0.25, 0.3) is 0 Å². The first-order valence-electron chi connectivity index (χ1n) is 4.64. The smallest absolute Gasteiger partial charge is 0.342 e. The van der Waals surface area contributed by atoms with Crippen molar-refractivity contribution in [3.05, 3.63) is 11.0 Å². The molecule has 0 fully saturated rings. The predicted molar refractivity (Wildman–Crippen MR) is 60.1 cm³/mol. The summed E-state index contributed by atoms with van der Waals surface area (Å²) in [6.45, 7) is 3.30. The number of ether oxygens (including phenoxy) is 1. The number of carboxylic acids is 1. The Morgan fingerprint density at radius 3 is 2.38 bits per heavy atom. The van der Waals surface area contributed by atoms with Crippen LogP contribution < -0.4 is 0 Å². The Balaban J connectivity index is 4.71. The number of esters is 1. The van der Waals surface area contributed by atoms with Crippen LogP contribution >= 0.6 is 11.8 Å². The van der Waals surface area contributed by atoms with E-state index in [1.165, 1.54) is 0 Å². The van der Waals surface area contributed by atoms with Crippen LogP contribution in [0.4, 0.5) is 0 Å². The van der Waals surface area contributed by atoms with E-state index in [4.69, 9.17) is 5.11 Å². The standard InChI is InChI=1S/C10H14O5S/c1-4-7(11)6(2)16-8(10(13)14)5-9(12)15-3/h5-6H,4H2,1-3H3,(H,13,14)/b8-5+. The minimum Gasteiger partial charge on any atom is -0.477 e. The van der Waals surface area contributed by atoms with Gasteiger partial charge in [0, 0.05) is 12.5 Å². The maximum Gasteiger partial charge on any atom is 0.342 e. The summed E-state index contributed by atoms with van der Waals surface area (Å²) in [6.07, 6.45) is 1.20. The summed E-state index contributed by atoms with van der Waals surface area (Å²) in [6, 6.07) is 0. The third-order valence-electron chi connectivity index (χ3n) is 1.77. The van der Waals surface area contributed by atoms with Crippen LogP contribution in [0, 0.1) is 0 Å². The van der Waals surface area contributed by atoms with Gasteiger partial charge >= 0.3 is 11.9 Å². The van der Waals surface area contributed by atoms with Gasteiger partial charge in [-0.3, -0.25) is 4.79 Å². The van der Waals surface area contributed by atoms with Gasteiger partial charge in [0.15, 0.2) is 0 Å². The van der Waals surface area contributed by atoms with Crippen molar-refractivity contribution in [3.8, 4) is 0 Å². The molecule has 1 N–H and O–H groups in total. The molecule has 0 aliphatic rings. The van der Waals surface area contributed by atoms with Crippen molar-refractivity contribution in [2.75, 3.05) is 7.11 Å². The first-order chi connectivity index (χ1) is 7.42. The molecular formula is C10H14O5S. The molecule has 0 aliphatic heterocycles. The summed E-state index contributed by atoms with van der Waals surface area (Å²) in [7, 11) is 1.16. The Morgan fingerprint density at radius 1 is 1.44 bits per heavy atom. The number of ketones is 1. The van der Waals surface area contributed by atoms with Crippen LogP contribution in [-0.4, -0.2) is 35.2 Å². The Labute approximate surface area is 97.8 Å². The second kappa shape index (κ2) is 7.05. The molecule has 0 aromatic rings. The van der Waals surface area contributed by atoms with Crippen molar-refractivity contribution >= 4 is 29.5 Å². The lowest BCUT2D eigenvalue weighted by molar-refractivity contribution is -0.136. The largest absolute Gasteiger partial charge is 0.477 e. The zero-order valence-electron chi connectivity index (χ0n) is 9.35. The van der Waals surface area contributed by atoms with Gasteiger partial charge in [0.05, 0.1) is 12.4 Å². The molecule has 0 saturated heterocycles. The predicted octanol–water partition coefficient (Wildman–Crippen LogP) is 1.23. The van der Waals surface area contributed by atoms with Gasteiger partial charge < -0.3 is 9.84 Å². The summed E-state index contributed by atoms with van der Waals surface area (Å²) in [5.74, 6) is -2.06. The first kappa shape index (κ1) is 14.7. The number of aliphatic carboxylic acids is 1. The molecule has 5 nitrogen and oxygen atoms in total. The molecule has 0 aromatic heterocycles. The SMILES string of the molecule is CCC(=O)C(C)S/C(=C/C(=O)OC)C(=O)O. The van der Waals surface area contributed by atoms with Crippen molar-refractivity contribution in [2.45, 2.75) is 25.5 Å². The number of rotatable bonds is 6. The van der Waals surface area contributed by atoms with Crippen molar-refractivity contribution in [2.24, 2.45) is 0 Å². The highest BCUT2D eigenvalue weighted by Gasteiger charge is 2.19. The molecule has 0 amide bonds. The quantitative estimate of drug-likeness (QED) is 0.560. The van der Waals surface area contributed by atoms with E-state index < -0.39 is 17.2 Å².